The minimum Gasteiger partial charge on any atom is -0.495 e. The van der Waals surface area contributed by atoms with E-state index in [0.717, 1.165) is 11.1 Å². The Kier molecular flexibility index (Phi) is 6.74. The number of rotatable bonds is 8. The zero-order valence-corrected chi connectivity index (χ0v) is 18.3. The van der Waals surface area contributed by atoms with E-state index < -0.39 is 20.0 Å². The zero-order chi connectivity index (χ0) is 21.1. The molecule has 2 aromatic carbocycles. The van der Waals surface area contributed by atoms with E-state index >= 15 is 0 Å². The lowest BCUT2D eigenvalue weighted by atomic mass is 10.1. The molecular formula is C19H26N2O5S2. The van der Waals surface area contributed by atoms with Gasteiger partial charge in [0, 0.05) is 13.1 Å². The van der Waals surface area contributed by atoms with Gasteiger partial charge in [0.2, 0.25) is 10.0 Å². The first-order valence-electron chi connectivity index (χ1n) is 8.85. The van der Waals surface area contributed by atoms with Crippen LogP contribution in [-0.2, 0) is 20.0 Å². The number of nitrogens with one attached hydrogen (secondary N) is 1. The van der Waals surface area contributed by atoms with Crippen LogP contribution in [0.2, 0.25) is 0 Å². The summed E-state index contributed by atoms with van der Waals surface area (Å²) >= 11 is 0. The molecular weight excluding hydrogens is 400 g/mol. The molecule has 0 spiro atoms. The van der Waals surface area contributed by atoms with Crippen LogP contribution in [0.1, 0.15) is 25.0 Å². The summed E-state index contributed by atoms with van der Waals surface area (Å²) in [6.07, 6.45) is 0. The fraction of sp³-hybridized carbons (Fsp3) is 0.368. The number of hydrogen-bond donors (Lipinski definition) is 1. The van der Waals surface area contributed by atoms with E-state index in [1.54, 1.807) is 26.0 Å². The van der Waals surface area contributed by atoms with Gasteiger partial charge < -0.3 is 4.74 Å². The Balaban J connectivity index is 2.51. The quantitative estimate of drug-likeness (QED) is 0.700. The molecule has 0 aromatic heterocycles. The van der Waals surface area contributed by atoms with E-state index in [9.17, 15) is 16.8 Å². The number of nitrogens with zero attached hydrogens (tertiary/aromatic N) is 1. The first kappa shape index (κ1) is 22.2. The van der Waals surface area contributed by atoms with Gasteiger partial charge in [-0.05, 0) is 55.3 Å². The van der Waals surface area contributed by atoms with Crippen LogP contribution in [-0.4, -0.2) is 41.3 Å². The van der Waals surface area contributed by atoms with Crippen LogP contribution >= 0.6 is 0 Å². The first-order chi connectivity index (χ1) is 13.1. The van der Waals surface area contributed by atoms with E-state index in [4.69, 9.17) is 4.74 Å². The van der Waals surface area contributed by atoms with Crippen molar-refractivity contribution in [3.05, 3.63) is 47.5 Å². The molecule has 0 fully saturated rings. The van der Waals surface area contributed by atoms with E-state index in [2.05, 4.69) is 4.72 Å². The molecule has 1 N–H and O–H groups in total. The van der Waals surface area contributed by atoms with Crippen molar-refractivity contribution in [2.24, 2.45) is 0 Å². The maximum absolute atomic E-state index is 12.8. The number of anilines is 1. The molecule has 0 saturated heterocycles. The summed E-state index contributed by atoms with van der Waals surface area (Å²) in [5.41, 5.74) is 1.88. The average Bonchev–Trinajstić information content (AvgIpc) is 2.64. The highest BCUT2D eigenvalue weighted by atomic mass is 32.2. The summed E-state index contributed by atoms with van der Waals surface area (Å²) in [4.78, 5) is 0.0874. The number of ether oxygens (including phenoxy) is 1. The molecule has 0 unspecified atom stereocenters. The zero-order valence-electron chi connectivity index (χ0n) is 16.7. The Morgan fingerprint density at radius 3 is 2.04 bits per heavy atom. The van der Waals surface area contributed by atoms with Crippen molar-refractivity contribution >= 4 is 25.7 Å². The molecule has 9 heteroatoms. The van der Waals surface area contributed by atoms with Crippen molar-refractivity contribution in [2.45, 2.75) is 37.5 Å². The smallest absolute Gasteiger partial charge is 0.262 e. The normalized spacial score (nSPS) is 12.2. The molecule has 7 nitrogen and oxygen atoms in total. The van der Waals surface area contributed by atoms with Crippen LogP contribution < -0.4 is 9.46 Å². The summed E-state index contributed by atoms with van der Waals surface area (Å²) in [6, 6.07) is 8.93. The maximum atomic E-state index is 12.8. The molecule has 0 aliphatic carbocycles. The van der Waals surface area contributed by atoms with Gasteiger partial charge in [0.25, 0.3) is 10.0 Å². The lowest BCUT2D eigenvalue weighted by Crippen LogP contribution is -2.30. The average molecular weight is 427 g/mol. The predicted octanol–water partition coefficient (Wildman–Crippen LogP) is 3.14. The molecule has 0 amide bonds. The highest BCUT2D eigenvalue weighted by Gasteiger charge is 2.24. The Hall–Kier alpha value is -2.10. The first-order valence-corrected chi connectivity index (χ1v) is 11.8. The van der Waals surface area contributed by atoms with Crippen LogP contribution in [0.4, 0.5) is 5.69 Å². The standard InChI is InChI=1S/C19H26N2O5S2/c1-6-21(7-2)28(24,25)17-10-11-19(26-5)18(13-17)20-27(22,23)16-9-8-14(3)15(4)12-16/h8-13,20H,6-7H2,1-5H3. The minimum atomic E-state index is -3.92. The van der Waals surface area contributed by atoms with Crippen molar-refractivity contribution in [3.8, 4) is 5.75 Å². The van der Waals surface area contributed by atoms with Gasteiger partial charge in [0.05, 0.1) is 22.6 Å². The fourth-order valence-electron chi connectivity index (χ4n) is 2.72. The number of sulfonamides is 2. The molecule has 28 heavy (non-hydrogen) atoms. The van der Waals surface area contributed by atoms with Crippen molar-refractivity contribution in [2.75, 3.05) is 24.9 Å². The largest absolute Gasteiger partial charge is 0.495 e. The van der Waals surface area contributed by atoms with Crippen LogP contribution in [0, 0.1) is 13.8 Å². The topological polar surface area (TPSA) is 92.8 Å². The van der Waals surface area contributed by atoms with Crippen LogP contribution in [0.25, 0.3) is 0 Å². The van der Waals surface area contributed by atoms with Gasteiger partial charge in [-0.2, -0.15) is 4.31 Å². The molecule has 0 aliphatic heterocycles. The Morgan fingerprint density at radius 1 is 0.893 bits per heavy atom. The summed E-state index contributed by atoms with van der Waals surface area (Å²) in [6.45, 7) is 7.83. The summed E-state index contributed by atoms with van der Waals surface area (Å²) in [5, 5.41) is 0. The number of methoxy groups -OCH3 is 1. The van der Waals surface area contributed by atoms with Crippen molar-refractivity contribution in [3.63, 3.8) is 0 Å². The third-order valence-electron chi connectivity index (χ3n) is 4.55. The van der Waals surface area contributed by atoms with E-state index in [1.165, 1.54) is 35.7 Å². The maximum Gasteiger partial charge on any atom is 0.262 e. The molecule has 154 valence electrons. The molecule has 0 radical (unpaired) electrons. The van der Waals surface area contributed by atoms with Gasteiger partial charge in [-0.1, -0.05) is 19.9 Å². The molecule has 0 aliphatic rings. The summed E-state index contributed by atoms with van der Waals surface area (Å²) in [7, 11) is -6.26. The van der Waals surface area contributed by atoms with Crippen molar-refractivity contribution in [1.82, 2.24) is 4.31 Å². The monoisotopic (exact) mass is 426 g/mol. The highest BCUT2D eigenvalue weighted by molar-refractivity contribution is 7.92. The number of aryl methyl sites for hydroxylation is 2. The van der Waals surface area contributed by atoms with Crippen LogP contribution in [0.3, 0.4) is 0 Å². The lowest BCUT2D eigenvalue weighted by Gasteiger charge is -2.20. The Labute approximate surface area is 167 Å². The third kappa shape index (κ3) is 4.48. The molecule has 0 heterocycles. The molecule has 0 bridgehead atoms. The molecule has 0 atom stereocenters. The lowest BCUT2D eigenvalue weighted by molar-refractivity contribution is 0.416. The van der Waals surface area contributed by atoms with Gasteiger partial charge in [0.1, 0.15) is 5.75 Å². The SMILES string of the molecule is CCN(CC)S(=O)(=O)c1ccc(OC)c(NS(=O)(=O)c2ccc(C)c(C)c2)c1. The minimum absolute atomic E-state index is 0.00483. The van der Waals surface area contributed by atoms with Crippen LogP contribution in [0.15, 0.2) is 46.2 Å². The molecule has 2 aromatic rings. The predicted molar refractivity (Wildman–Crippen MR) is 110 cm³/mol. The van der Waals surface area contributed by atoms with Crippen LogP contribution in [0.5, 0.6) is 5.75 Å². The van der Waals surface area contributed by atoms with Gasteiger partial charge in [-0.25, -0.2) is 16.8 Å². The second kappa shape index (κ2) is 8.50. The Bertz CT molecular complexity index is 1060. The van der Waals surface area contributed by atoms with Gasteiger partial charge in [-0.15, -0.1) is 0 Å². The summed E-state index contributed by atoms with van der Waals surface area (Å²) in [5.74, 6) is 0.228. The molecule has 0 saturated carbocycles. The third-order valence-corrected chi connectivity index (χ3v) is 7.96. The van der Waals surface area contributed by atoms with Gasteiger partial charge in [-0.3, -0.25) is 4.72 Å². The van der Waals surface area contributed by atoms with Gasteiger partial charge >= 0.3 is 0 Å². The second-order valence-corrected chi connectivity index (χ2v) is 9.92. The Morgan fingerprint density at radius 2 is 1.50 bits per heavy atom. The van der Waals surface area contributed by atoms with E-state index in [0.29, 0.717) is 13.1 Å². The van der Waals surface area contributed by atoms with Crippen molar-refractivity contribution < 1.29 is 21.6 Å². The summed E-state index contributed by atoms with van der Waals surface area (Å²) < 4.78 is 60.1. The fourth-order valence-corrected chi connectivity index (χ4v) is 5.36. The van der Waals surface area contributed by atoms with E-state index in [1.807, 2.05) is 13.8 Å². The number of benzene rings is 2. The van der Waals surface area contributed by atoms with E-state index in [-0.39, 0.29) is 21.2 Å². The number of hydrogen-bond acceptors (Lipinski definition) is 5. The van der Waals surface area contributed by atoms with Crippen molar-refractivity contribution in [1.29, 1.82) is 0 Å². The highest BCUT2D eigenvalue weighted by Crippen LogP contribution is 2.31. The molecule has 2 rings (SSSR count). The second-order valence-electron chi connectivity index (χ2n) is 6.30. The van der Waals surface area contributed by atoms with Gasteiger partial charge in [0.15, 0.2) is 0 Å².